The van der Waals surface area contributed by atoms with E-state index < -0.39 is 10.1 Å². The lowest BCUT2D eigenvalue weighted by atomic mass is 10.2. The number of thioether (sulfide) groups is 1. The van der Waals surface area contributed by atoms with Gasteiger partial charge in [0.15, 0.2) is 6.20 Å². The third-order valence-electron chi connectivity index (χ3n) is 2.88. The van der Waals surface area contributed by atoms with Crippen molar-refractivity contribution in [3.63, 3.8) is 0 Å². The first-order chi connectivity index (χ1) is 10.8. The van der Waals surface area contributed by atoms with Crippen molar-refractivity contribution in [2.75, 3.05) is 6.26 Å². The van der Waals surface area contributed by atoms with Crippen LogP contribution in [0.5, 0.6) is 0 Å². The average molecular weight is 351 g/mol. The number of aromatic nitrogens is 1. The van der Waals surface area contributed by atoms with Gasteiger partial charge in [0, 0.05) is 6.07 Å². The van der Waals surface area contributed by atoms with E-state index in [1.54, 1.807) is 16.4 Å². The Labute approximate surface area is 138 Å². The number of benzene rings is 1. The van der Waals surface area contributed by atoms with Crippen molar-refractivity contribution in [2.45, 2.75) is 11.8 Å². The third-order valence-corrected chi connectivity index (χ3v) is 4.25. The summed E-state index contributed by atoms with van der Waals surface area (Å²) in [7, 11) is -4.27. The molecule has 0 aliphatic carbocycles. The Hall–Kier alpha value is -2.03. The minimum atomic E-state index is -4.27. The minimum absolute atomic E-state index is 0.178. The summed E-state index contributed by atoms with van der Waals surface area (Å²) in [6.07, 6.45) is 3.76. The van der Waals surface area contributed by atoms with Crippen LogP contribution < -0.4 is 9.80 Å². The standard InChI is InChI=1S/C8H8N2OS.C7H8O3S/c1-10-5-3-4-6-7(10)11-8(9-6)12-2;1-6-2-4-7(5-3-6)11(8,9)10/h3-5H,1H2,2H3;2-5H,1H3,(H,8,9,10)/q+2;/p-1. The predicted molar refractivity (Wildman–Crippen MR) is 89.0 cm³/mol. The maximum absolute atomic E-state index is 10.4. The predicted octanol–water partition coefficient (Wildman–Crippen LogP) is 1.49. The van der Waals surface area contributed by atoms with E-state index in [-0.39, 0.29) is 4.90 Å². The summed E-state index contributed by atoms with van der Waals surface area (Å²) >= 11 is 1.48. The van der Waals surface area contributed by atoms with E-state index in [1.807, 2.05) is 31.5 Å². The smallest absolute Gasteiger partial charge is 0.627 e. The number of rotatable bonds is 1. The number of nitrogens with zero attached hydrogens (tertiary/aromatic N) is 2. The van der Waals surface area contributed by atoms with Crippen LogP contribution in [-0.4, -0.2) is 24.5 Å². The monoisotopic (exact) mass is 351 g/mol. The van der Waals surface area contributed by atoms with Crippen LogP contribution in [0.1, 0.15) is 5.56 Å². The highest BCUT2D eigenvalue weighted by Crippen LogP contribution is 2.12. The van der Waals surface area contributed by atoms with Crippen LogP contribution in [0.15, 0.2) is 56.9 Å². The Bertz CT molecular complexity index is 952. The van der Waals surface area contributed by atoms with Gasteiger partial charge >= 0.3 is 10.8 Å². The highest BCUT2D eigenvalue weighted by Gasteiger charge is 2.27. The van der Waals surface area contributed by atoms with Gasteiger partial charge in [-0.2, -0.15) is 0 Å². The summed E-state index contributed by atoms with van der Waals surface area (Å²) in [5.41, 5.74) is 2.48. The lowest BCUT2D eigenvalue weighted by Crippen LogP contribution is -2.34. The molecule has 2 heterocycles. The van der Waals surface area contributed by atoms with E-state index in [1.165, 1.54) is 23.9 Å². The Morgan fingerprint density at radius 1 is 1.26 bits per heavy atom. The maximum Gasteiger partial charge on any atom is 0.627 e. The van der Waals surface area contributed by atoms with Gasteiger partial charge in [-0.15, -0.1) is 9.42 Å². The van der Waals surface area contributed by atoms with Crippen molar-refractivity contribution in [2.24, 2.45) is 4.99 Å². The van der Waals surface area contributed by atoms with Crippen LogP contribution in [0.4, 0.5) is 5.69 Å². The summed E-state index contributed by atoms with van der Waals surface area (Å²) in [5.74, 6) is 0. The second-order valence-electron chi connectivity index (χ2n) is 4.62. The van der Waals surface area contributed by atoms with Crippen LogP contribution in [-0.2, 0) is 10.1 Å². The average Bonchev–Trinajstić information content (AvgIpc) is 2.92. The van der Waals surface area contributed by atoms with Crippen LogP contribution >= 0.6 is 11.8 Å². The second-order valence-corrected chi connectivity index (χ2v) is 6.76. The fraction of sp³-hybridized carbons (Fsp3) is 0.133. The quantitative estimate of drug-likeness (QED) is 0.442. The molecule has 2 aromatic rings. The van der Waals surface area contributed by atoms with Crippen LogP contribution in [0.3, 0.4) is 0 Å². The number of hydrogen-bond donors (Lipinski definition) is 0. The third kappa shape index (κ3) is 4.47. The molecule has 6 nitrogen and oxygen atoms in total. The molecule has 120 valence electrons. The summed E-state index contributed by atoms with van der Waals surface area (Å²) < 4.78 is 38.2. The van der Waals surface area contributed by atoms with Crippen molar-refractivity contribution in [1.82, 2.24) is 0 Å². The molecule has 0 atom stereocenters. The van der Waals surface area contributed by atoms with Crippen LogP contribution in [0, 0.1) is 13.6 Å². The molecule has 0 N–H and O–H groups in total. The molecule has 0 saturated heterocycles. The van der Waals surface area contributed by atoms with Crippen molar-refractivity contribution in [3.05, 3.63) is 64.9 Å². The molecule has 3 rings (SSSR count). The molecular weight excluding hydrogens is 336 g/mol. The van der Waals surface area contributed by atoms with E-state index in [0.29, 0.717) is 10.8 Å². The molecule has 0 unspecified atom stereocenters. The Kier molecular flexibility index (Phi) is 5.30. The number of fused-ring (bicyclic) bond motifs is 1. The molecule has 23 heavy (non-hydrogen) atoms. The zero-order valence-electron chi connectivity index (χ0n) is 12.6. The highest BCUT2D eigenvalue weighted by atomic mass is 32.2. The van der Waals surface area contributed by atoms with Crippen molar-refractivity contribution in [3.8, 4) is 0 Å². The van der Waals surface area contributed by atoms with E-state index >= 15 is 0 Å². The van der Waals surface area contributed by atoms with Gasteiger partial charge in [-0.25, -0.2) is 8.42 Å². The van der Waals surface area contributed by atoms with Gasteiger partial charge in [-0.3, -0.25) is 0 Å². The zero-order chi connectivity index (χ0) is 17.0. The summed E-state index contributed by atoms with van der Waals surface area (Å²) in [5, 5.41) is 0.675. The zero-order valence-corrected chi connectivity index (χ0v) is 14.2. The molecule has 1 aromatic heterocycles. The van der Waals surface area contributed by atoms with Crippen LogP contribution in [0.25, 0.3) is 0 Å². The van der Waals surface area contributed by atoms with E-state index in [2.05, 4.69) is 11.7 Å². The normalized spacial score (nSPS) is 12.6. The largest absolute Gasteiger partial charge is 0.744 e. The lowest BCUT2D eigenvalue weighted by Gasteiger charge is -2.05. The van der Waals surface area contributed by atoms with Crippen molar-refractivity contribution < 1.29 is 17.2 Å². The molecule has 0 fully saturated rings. The van der Waals surface area contributed by atoms with Crippen molar-refractivity contribution in [1.29, 1.82) is 0 Å². The molecular formula is C15H15N2O4S2+. The highest BCUT2D eigenvalue weighted by molar-refractivity contribution is 8.13. The molecule has 1 aromatic carbocycles. The summed E-state index contributed by atoms with van der Waals surface area (Å²) in [6, 6.07) is 9.58. The Morgan fingerprint density at radius 2 is 1.91 bits per heavy atom. The molecule has 1 aliphatic rings. The first-order valence-electron chi connectivity index (χ1n) is 6.50. The van der Waals surface area contributed by atoms with Gasteiger partial charge in [0.25, 0.3) is 5.69 Å². The fourth-order valence-electron chi connectivity index (χ4n) is 1.72. The first kappa shape index (κ1) is 17.3. The SMILES string of the molecule is C=[n+]1cccc2c1=[O+]C(SC)=N2.Cc1ccc(S(=O)(=O)[O-])cc1. The minimum Gasteiger partial charge on any atom is -0.744 e. The van der Waals surface area contributed by atoms with Gasteiger partial charge in [0.1, 0.15) is 16.8 Å². The van der Waals surface area contributed by atoms with E-state index in [9.17, 15) is 13.0 Å². The molecule has 0 amide bonds. The molecule has 0 saturated carbocycles. The van der Waals surface area contributed by atoms with Gasteiger partial charge in [-0.05, 0) is 43.1 Å². The molecule has 8 heteroatoms. The first-order valence-corrected chi connectivity index (χ1v) is 9.13. The number of hydrogen-bond acceptors (Lipinski definition) is 5. The Morgan fingerprint density at radius 3 is 2.43 bits per heavy atom. The van der Waals surface area contributed by atoms with Gasteiger partial charge in [0.05, 0.1) is 4.90 Å². The number of aliphatic imine (C=N–C) groups is 1. The van der Waals surface area contributed by atoms with Gasteiger partial charge in [-0.1, -0.05) is 21.9 Å². The van der Waals surface area contributed by atoms with Gasteiger partial charge in [0.2, 0.25) is 0 Å². The molecule has 1 aliphatic heterocycles. The number of aryl methyl sites for hydroxylation is 1. The summed E-state index contributed by atoms with van der Waals surface area (Å²) in [4.78, 5) is 4.05. The molecule has 0 radical (unpaired) electrons. The van der Waals surface area contributed by atoms with Gasteiger partial charge < -0.3 is 4.55 Å². The second kappa shape index (κ2) is 7.03. The maximum atomic E-state index is 10.4. The summed E-state index contributed by atoms with van der Waals surface area (Å²) in [6.45, 7) is 5.59. The fourth-order valence-corrected chi connectivity index (χ4v) is 2.54. The lowest BCUT2D eigenvalue weighted by molar-refractivity contribution is -0.514. The Balaban J connectivity index is 0.000000168. The van der Waals surface area contributed by atoms with Crippen LogP contribution in [0.2, 0.25) is 0 Å². The molecule has 0 bridgehead atoms. The van der Waals surface area contributed by atoms with E-state index in [4.69, 9.17) is 4.42 Å². The van der Waals surface area contributed by atoms with Crippen molar-refractivity contribution >= 4 is 32.8 Å². The topological polar surface area (TPSA) is 86.8 Å². The molecule has 0 spiro atoms. The van der Waals surface area contributed by atoms with E-state index in [0.717, 1.165) is 11.3 Å². The number of pyridine rings is 1.